The van der Waals surface area contributed by atoms with Gasteiger partial charge in [0.15, 0.2) is 0 Å². The molecule has 0 radical (unpaired) electrons. The average molecular weight is 354 g/mol. The number of rotatable bonds is 6. The first-order valence-electron chi connectivity index (χ1n) is 9.91. The zero-order chi connectivity index (χ0) is 18.5. The predicted octanol–water partition coefficient (Wildman–Crippen LogP) is 3.89. The predicted molar refractivity (Wildman–Crippen MR) is 106 cm³/mol. The Kier molecular flexibility index (Phi) is 6.31. The Morgan fingerprint density at radius 2 is 2.00 bits per heavy atom. The lowest BCUT2D eigenvalue weighted by molar-refractivity contribution is -0.117. The summed E-state index contributed by atoms with van der Waals surface area (Å²) in [4.78, 5) is 12.6. The number of carbonyl (C=O) groups is 1. The van der Waals surface area contributed by atoms with Crippen LogP contribution in [0.5, 0.6) is 0 Å². The van der Waals surface area contributed by atoms with Crippen LogP contribution in [0.3, 0.4) is 0 Å². The molecule has 140 valence electrons. The molecule has 1 fully saturated rings. The third-order valence-electron chi connectivity index (χ3n) is 6.32. The first kappa shape index (κ1) is 18.9. The van der Waals surface area contributed by atoms with Gasteiger partial charge in [0.1, 0.15) is 0 Å². The van der Waals surface area contributed by atoms with Crippen LogP contribution in [0.2, 0.25) is 0 Å². The Morgan fingerprint density at radius 1 is 1.23 bits per heavy atom. The summed E-state index contributed by atoms with van der Waals surface area (Å²) in [6, 6.07) is 10.2. The summed E-state index contributed by atoms with van der Waals surface area (Å²) < 4.78 is 0. The molecule has 3 heteroatoms. The van der Waals surface area contributed by atoms with Gasteiger partial charge in [0.05, 0.1) is 6.61 Å². The Hall–Kier alpha value is -1.87. The first-order chi connectivity index (χ1) is 12.6. The van der Waals surface area contributed by atoms with Crippen molar-refractivity contribution in [1.29, 1.82) is 0 Å². The quantitative estimate of drug-likeness (QED) is 0.762. The largest absolute Gasteiger partial charge is 0.392 e. The molecule has 0 spiro atoms. The molecule has 0 unspecified atom stereocenters. The lowest BCUT2D eigenvalue weighted by Crippen LogP contribution is -2.38. The highest BCUT2D eigenvalue weighted by atomic mass is 16.3. The number of nitrogens with one attached hydrogen (secondary N) is 1. The Morgan fingerprint density at radius 3 is 2.73 bits per heavy atom. The standard InChI is InChI=1S/C23H31NO2/c1-16-8-10-21(17(2)15-25)22-14-19(9-11-20(16)22)23(26)24-13-12-18-6-4-3-5-7-18/h3-7,14,16,20-22,25H,2,8-13,15H2,1H3,(H,24,26)/t16-,20-,21+,22-/m0/s1. The van der Waals surface area contributed by atoms with Gasteiger partial charge in [-0.2, -0.15) is 0 Å². The number of fused-ring (bicyclic) bond motifs is 1. The minimum Gasteiger partial charge on any atom is -0.392 e. The van der Waals surface area contributed by atoms with Crippen molar-refractivity contribution in [2.75, 3.05) is 13.2 Å². The number of amides is 1. The van der Waals surface area contributed by atoms with Gasteiger partial charge < -0.3 is 10.4 Å². The molecule has 1 aromatic carbocycles. The number of hydrogen-bond donors (Lipinski definition) is 2. The first-order valence-corrected chi connectivity index (χ1v) is 9.91. The van der Waals surface area contributed by atoms with Gasteiger partial charge in [-0.05, 0) is 66.9 Å². The molecule has 0 bridgehead atoms. The summed E-state index contributed by atoms with van der Waals surface area (Å²) in [7, 11) is 0. The minimum atomic E-state index is 0.0503. The van der Waals surface area contributed by atoms with E-state index in [2.05, 4.69) is 37.0 Å². The second-order valence-corrected chi connectivity index (χ2v) is 7.94. The normalized spacial score (nSPS) is 28.0. The Bertz CT molecular complexity index is 664. The maximum atomic E-state index is 12.6. The number of hydrogen-bond acceptors (Lipinski definition) is 2. The van der Waals surface area contributed by atoms with Crippen molar-refractivity contribution in [3.05, 3.63) is 59.7 Å². The number of benzene rings is 1. The summed E-state index contributed by atoms with van der Waals surface area (Å²) in [5.74, 6) is 2.03. The van der Waals surface area contributed by atoms with E-state index >= 15 is 0 Å². The molecule has 3 nitrogen and oxygen atoms in total. The zero-order valence-electron chi connectivity index (χ0n) is 15.8. The van der Waals surface area contributed by atoms with E-state index in [-0.39, 0.29) is 12.5 Å². The maximum absolute atomic E-state index is 12.6. The lowest BCUT2D eigenvalue weighted by atomic mass is 9.61. The van der Waals surface area contributed by atoms with Crippen LogP contribution in [0.4, 0.5) is 0 Å². The molecule has 2 aliphatic rings. The van der Waals surface area contributed by atoms with Crippen LogP contribution in [0.1, 0.15) is 38.2 Å². The molecular formula is C23H31NO2. The fourth-order valence-corrected chi connectivity index (χ4v) is 4.74. The van der Waals surface area contributed by atoms with Gasteiger partial charge in [-0.15, -0.1) is 0 Å². The van der Waals surface area contributed by atoms with Gasteiger partial charge in [-0.25, -0.2) is 0 Å². The molecule has 4 atom stereocenters. The highest BCUT2D eigenvalue weighted by molar-refractivity contribution is 5.93. The number of aliphatic hydroxyl groups is 1. The van der Waals surface area contributed by atoms with E-state index in [1.54, 1.807) is 0 Å². The molecule has 0 aromatic heterocycles. The van der Waals surface area contributed by atoms with E-state index in [9.17, 15) is 9.90 Å². The minimum absolute atomic E-state index is 0.0503. The molecule has 0 saturated heterocycles. The second kappa shape index (κ2) is 8.68. The smallest absolute Gasteiger partial charge is 0.246 e. The molecule has 1 saturated carbocycles. The van der Waals surface area contributed by atoms with Crippen molar-refractivity contribution in [2.45, 2.75) is 39.0 Å². The highest BCUT2D eigenvalue weighted by Gasteiger charge is 2.39. The van der Waals surface area contributed by atoms with Crippen LogP contribution in [0.25, 0.3) is 0 Å². The van der Waals surface area contributed by atoms with Crippen molar-refractivity contribution in [1.82, 2.24) is 5.32 Å². The van der Waals surface area contributed by atoms with E-state index in [1.807, 2.05) is 18.2 Å². The van der Waals surface area contributed by atoms with Crippen LogP contribution in [0, 0.1) is 23.7 Å². The van der Waals surface area contributed by atoms with E-state index in [0.29, 0.717) is 30.2 Å². The van der Waals surface area contributed by atoms with Crippen molar-refractivity contribution in [3.63, 3.8) is 0 Å². The van der Waals surface area contributed by atoms with Gasteiger partial charge in [-0.1, -0.05) is 49.9 Å². The SMILES string of the molecule is C=C(CO)[C@H]1CC[C@H](C)[C@@H]2CCC(C(=O)NCCc3ccccc3)=C[C@@H]21. The van der Waals surface area contributed by atoms with E-state index in [4.69, 9.17) is 0 Å². The average Bonchev–Trinajstić information content (AvgIpc) is 2.68. The van der Waals surface area contributed by atoms with Crippen molar-refractivity contribution >= 4 is 5.91 Å². The molecule has 26 heavy (non-hydrogen) atoms. The number of carbonyl (C=O) groups excluding carboxylic acids is 1. The molecule has 1 amide bonds. The highest BCUT2D eigenvalue weighted by Crippen LogP contribution is 2.47. The molecule has 0 aliphatic heterocycles. The van der Waals surface area contributed by atoms with Crippen LogP contribution in [-0.2, 0) is 11.2 Å². The van der Waals surface area contributed by atoms with E-state index in [0.717, 1.165) is 36.8 Å². The van der Waals surface area contributed by atoms with Crippen LogP contribution >= 0.6 is 0 Å². The molecule has 0 heterocycles. The van der Waals surface area contributed by atoms with Crippen LogP contribution in [-0.4, -0.2) is 24.2 Å². The summed E-state index contributed by atoms with van der Waals surface area (Å²) in [6.45, 7) is 7.13. The van der Waals surface area contributed by atoms with Gasteiger partial charge in [-0.3, -0.25) is 4.79 Å². The summed E-state index contributed by atoms with van der Waals surface area (Å²) in [5.41, 5.74) is 3.09. The monoisotopic (exact) mass is 353 g/mol. The van der Waals surface area contributed by atoms with Gasteiger partial charge in [0, 0.05) is 12.1 Å². The molecular weight excluding hydrogens is 322 g/mol. The van der Waals surface area contributed by atoms with Crippen molar-refractivity contribution in [3.8, 4) is 0 Å². The van der Waals surface area contributed by atoms with Crippen molar-refractivity contribution < 1.29 is 9.90 Å². The third-order valence-corrected chi connectivity index (χ3v) is 6.32. The third kappa shape index (κ3) is 4.27. The second-order valence-electron chi connectivity index (χ2n) is 7.94. The molecule has 2 aliphatic carbocycles. The summed E-state index contributed by atoms with van der Waals surface area (Å²) in [6.07, 6.45) is 7.25. The summed E-state index contributed by atoms with van der Waals surface area (Å²) >= 11 is 0. The van der Waals surface area contributed by atoms with Crippen molar-refractivity contribution in [2.24, 2.45) is 23.7 Å². The number of allylic oxidation sites excluding steroid dienone is 1. The maximum Gasteiger partial charge on any atom is 0.246 e. The number of aliphatic hydroxyl groups excluding tert-OH is 1. The van der Waals surface area contributed by atoms with Crippen LogP contribution in [0.15, 0.2) is 54.1 Å². The van der Waals surface area contributed by atoms with E-state index < -0.39 is 0 Å². The Labute approximate surface area is 157 Å². The Balaban J connectivity index is 1.63. The van der Waals surface area contributed by atoms with Crippen LogP contribution < -0.4 is 5.32 Å². The zero-order valence-corrected chi connectivity index (χ0v) is 15.8. The van der Waals surface area contributed by atoms with Gasteiger partial charge in [0.25, 0.3) is 0 Å². The topological polar surface area (TPSA) is 49.3 Å². The summed E-state index contributed by atoms with van der Waals surface area (Å²) in [5, 5.41) is 12.6. The van der Waals surface area contributed by atoms with Gasteiger partial charge >= 0.3 is 0 Å². The fraction of sp³-hybridized carbons (Fsp3) is 0.522. The molecule has 2 N–H and O–H groups in total. The lowest BCUT2D eigenvalue weighted by Gasteiger charge is -2.44. The molecule has 3 rings (SSSR count). The fourth-order valence-electron chi connectivity index (χ4n) is 4.74. The molecule has 1 aromatic rings. The van der Waals surface area contributed by atoms with Gasteiger partial charge in [0.2, 0.25) is 5.91 Å². The van der Waals surface area contributed by atoms with E-state index in [1.165, 1.54) is 12.0 Å².